The molecule has 9 heavy (non-hydrogen) atoms. The third kappa shape index (κ3) is 3.66. The highest BCUT2D eigenvalue weighted by atomic mass is 16.5. The maximum Gasteiger partial charge on any atom is 0.323 e. The van der Waals surface area contributed by atoms with Gasteiger partial charge in [-0.05, 0) is 6.92 Å². The van der Waals surface area contributed by atoms with Crippen LogP contribution in [-0.4, -0.2) is 24.9 Å². The van der Waals surface area contributed by atoms with Crippen LogP contribution in [0.2, 0.25) is 0 Å². The maximum absolute atomic E-state index is 10.4. The summed E-state index contributed by atoms with van der Waals surface area (Å²) in [6, 6.07) is -0.648. The number of hydrogen-bond acceptors (Lipinski definition) is 4. The summed E-state index contributed by atoms with van der Waals surface area (Å²) in [5.74, 6) is -0.554. The molecule has 0 radical (unpaired) electrons. The number of carbonyl (C=O) groups excluding carboxylic acids is 2. The highest BCUT2D eigenvalue weighted by molar-refractivity contribution is 5.76. The van der Waals surface area contributed by atoms with E-state index in [0.29, 0.717) is 6.29 Å². The number of ether oxygens (including phenoxy) is 1. The minimum atomic E-state index is -0.648. The normalized spacial score (nSPS) is 12.2. The van der Waals surface area contributed by atoms with Crippen molar-refractivity contribution in [2.24, 2.45) is 5.73 Å². The van der Waals surface area contributed by atoms with Gasteiger partial charge in [-0.1, -0.05) is 0 Å². The van der Waals surface area contributed by atoms with Gasteiger partial charge < -0.3 is 10.5 Å². The van der Waals surface area contributed by atoms with E-state index in [4.69, 9.17) is 5.73 Å². The predicted octanol–water partition coefficient (Wildman–Crippen LogP) is -0.924. The van der Waals surface area contributed by atoms with Crippen LogP contribution < -0.4 is 5.73 Å². The van der Waals surface area contributed by atoms with Gasteiger partial charge in [0, 0.05) is 0 Å². The van der Waals surface area contributed by atoms with Gasteiger partial charge in [0.2, 0.25) is 0 Å². The number of rotatable bonds is 3. The maximum atomic E-state index is 10.4. The second-order valence-corrected chi connectivity index (χ2v) is 1.59. The van der Waals surface area contributed by atoms with Gasteiger partial charge in [0.05, 0.1) is 0 Å². The fourth-order valence-corrected chi connectivity index (χ4v) is 0.248. The van der Waals surface area contributed by atoms with Crippen LogP contribution in [0.5, 0.6) is 0 Å². The van der Waals surface area contributed by atoms with Gasteiger partial charge in [-0.15, -0.1) is 0 Å². The van der Waals surface area contributed by atoms with Gasteiger partial charge in [-0.2, -0.15) is 0 Å². The van der Waals surface area contributed by atoms with E-state index in [2.05, 4.69) is 4.74 Å². The Hall–Kier alpha value is -0.900. The predicted molar refractivity (Wildman–Crippen MR) is 30.7 cm³/mol. The summed E-state index contributed by atoms with van der Waals surface area (Å²) in [6.45, 7) is 1.29. The van der Waals surface area contributed by atoms with Gasteiger partial charge in [0.1, 0.15) is 12.6 Å². The first-order valence-electron chi connectivity index (χ1n) is 2.54. The van der Waals surface area contributed by atoms with E-state index in [1.807, 2.05) is 0 Å². The number of esters is 1. The minimum Gasteiger partial charge on any atom is -0.457 e. The lowest BCUT2D eigenvalue weighted by molar-refractivity contribution is -0.146. The zero-order valence-corrected chi connectivity index (χ0v) is 5.16. The van der Waals surface area contributed by atoms with Crippen molar-refractivity contribution in [3.05, 3.63) is 0 Å². The van der Waals surface area contributed by atoms with Crippen molar-refractivity contribution in [2.45, 2.75) is 13.0 Å². The quantitative estimate of drug-likeness (QED) is 0.397. The molecule has 0 aromatic rings. The van der Waals surface area contributed by atoms with Crippen molar-refractivity contribution in [3.63, 3.8) is 0 Å². The summed E-state index contributed by atoms with van der Waals surface area (Å²) in [6.07, 6.45) is 0.500. The molecule has 0 spiro atoms. The van der Waals surface area contributed by atoms with Crippen molar-refractivity contribution in [2.75, 3.05) is 6.61 Å². The smallest absolute Gasteiger partial charge is 0.323 e. The third-order valence-electron chi connectivity index (χ3n) is 0.665. The van der Waals surface area contributed by atoms with Crippen LogP contribution in [0, 0.1) is 0 Å². The lowest BCUT2D eigenvalue weighted by atomic mass is 10.4. The molecular formula is C5H9NO3. The lowest BCUT2D eigenvalue weighted by Crippen LogP contribution is -2.29. The second kappa shape index (κ2) is 4.03. The fourth-order valence-electron chi connectivity index (χ4n) is 0.248. The Morgan fingerprint density at radius 1 is 1.89 bits per heavy atom. The summed E-state index contributed by atoms with van der Waals surface area (Å²) in [7, 11) is 0. The van der Waals surface area contributed by atoms with Crippen molar-refractivity contribution in [1.29, 1.82) is 0 Å². The van der Waals surface area contributed by atoms with Crippen molar-refractivity contribution < 1.29 is 14.3 Å². The van der Waals surface area contributed by atoms with E-state index >= 15 is 0 Å². The summed E-state index contributed by atoms with van der Waals surface area (Å²) in [5.41, 5.74) is 5.09. The van der Waals surface area contributed by atoms with Crippen LogP contribution in [0.15, 0.2) is 0 Å². The molecule has 4 heteroatoms. The van der Waals surface area contributed by atoms with Gasteiger partial charge in [0.15, 0.2) is 6.29 Å². The third-order valence-corrected chi connectivity index (χ3v) is 0.665. The molecule has 0 aliphatic rings. The van der Waals surface area contributed by atoms with Gasteiger partial charge in [0.25, 0.3) is 0 Å². The molecule has 0 aliphatic carbocycles. The first kappa shape index (κ1) is 8.10. The van der Waals surface area contributed by atoms with E-state index in [1.165, 1.54) is 6.92 Å². The van der Waals surface area contributed by atoms with Gasteiger partial charge in [-0.25, -0.2) is 0 Å². The molecule has 0 amide bonds. The Morgan fingerprint density at radius 3 is 2.78 bits per heavy atom. The molecular weight excluding hydrogens is 122 g/mol. The molecule has 0 unspecified atom stereocenters. The largest absolute Gasteiger partial charge is 0.457 e. The summed E-state index contributed by atoms with van der Waals surface area (Å²) in [4.78, 5) is 20.0. The molecule has 0 bridgehead atoms. The van der Waals surface area contributed by atoms with Crippen LogP contribution in [0.1, 0.15) is 6.92 Å². The average molecular weight is 131 g/mol. The van der Waals surface area contributed by atoms with E-state index in [1.54, 1.807) is 0 Å². The average Bonchev–Trinajstić information content (AvgIpc) is 1.82. The molecule has 1 atom stereocenters. The standard InChI is InChI=1S/C5H9NO3/c1-4(6)5(8)9-3-2-7/h2,4H,3,6H2,1H3/t4-/m0/s1. The Balaban J connectivity index is 3.38. The van der Waals surface area contributed by atoms with Crippen LogP contribution >= 0.6 is 0 Å². The van der Waals surface area contributed by atoms with Crippen molar-refractivity contribution >= 4 is 12.3 Å². The molecule has 0 saturated carbocycles. The highest BCUT2D eigenvalue weighted by Gasteiger charge is 2.06. The zero-order valence-electron chi connectivity index (χ0n) is 5.16. The van der Waals surface area contributed by atoms with Crippen LogP contribution in [0.25, 0.3) is 0 Å². The number of hydrogen-bond donors (Lipinski definition) is 1. The molecule has 52 valence electrons. The molecule has 0 saturated heterocycles. The molecule has 0 aliphatic heterocycles. The van der Waals surface area contributed by atoms with Crippen LogP contribution in [0.3, 0.4) is 0 Å². The first-order valence-corrected chi connectivity index (χ1v) is 2.54. The molecule has 0 rings (SSSR count). The Labute approximate surface area is 53.0 Å². The SMILES string of the molecule is C[C@H](N)C(=O)OCC=O. The Kier molecular flexibility index (Phi) is 3.62. The van der Waals surface area contributed by atoms with Gasteiger partial charge >= 0.3 is 5.97 Å². The summed E-state index contributed by atoms with van der Waals surface area (Å²) < 4.78 is 4.32. The van der Waals surface area contributed by atoms with Crippen LogP contribution in [0.4, 0.5) is 0 Å². The summed E-state index contributed by atoms with van der Waals surface area (Å²) >= 11 is 0. The van der Waals surface area contributed by atoms with Crippen molar-refractivity contribution in [1.82, 2.24) is 0 Å². The molecule has 4 nitrogen and oxygen atoms in total. The lowest BCUT2D eigenvalue weighted by Gasteiger charge is -2.01. The van der Waals surface area contributed by atoms with E-state index < -0.39 is 12.0 Å². The Bertz CT molecular complexity index is 111. The number of nitrogens with two attached hydrogens (primary N) is 1. The molecule has 0 heterocycles. The fraction of sp³-hybridized carbons (Fsp3) is 0.600. The monoisotopic (exact) mass is 131 g/mol. The van der Waals surface area contributed by atoms with Crippen LogP contribution in [-0.2, 0) is 14.3 Å². The topological polar surface area (TPSA) is 69.4 Å². The number of carbonyl (C=O) groups is 2. The Morgan fingerprint density at radius 2 is 2.44 bits per heavy atom. The van der Waals surface area contributed by atoms with Gasteiger partial charge in [-0.3, -0.25) is 9.59 Å². The second-order valence-electron chi connectivity index (χ2n) is 1.59. The molecule has 0 aromatic carbocycles. The highest BCUT2D eigenvalue weighted by Crippen LogP contribution is 1.80. The van der Waals surface area contributed by atoms with E-state index in [9.17, 15) is 9.59 Å². The van der Waals surface area contributed by atoms with Crippen molar-refractivity contribution in [3.8, 4) is 0 Å². The first-order chi connectivity index (χ1) is 4.18. The van der Waals surface area contributed by atoms with E-state index in [0.717, 1.165) is 0 Å². The van der Waals surface area contributed by atoms with E-state index in [-0.39, 0.29) is 6.61 Å². The minimum absolute atomic E-state index is 0.208. The zero-order chi connectivity index (χ0) is 7.28. The summed E-state index contributed by atoms with van der Waals surface area (Å²) in [5, 5.41) is 0. The molecule has 0 fully saturated rings. The molecule has 2 N–H and O–H groups in total. The number of aldehydes is 1. The molecule has 0 aromatic heterocycles.